The summed E-state index contributed by atoms with van der Waals surface area (Å²) in [7, 11) is 0. The van der Waals surface area contributed by atoms with Crippen molar-refractivity contribution >= 4 is 23.0 Å². The van der Waals surface area contributed by atoms with Crippen molar-refractivity contribution in [3.63, 3.8) is 0 Å². The van der Waals surface area contributed by atoms with E-state index in [1.54, 1.807) is 6.07 Å². The van der Waals surface area contributed by atoms with Crippen LogP contribution in [0.3, 0.4) is 0 Å². The number of pyridine rings is 1. The lowest BCUT2D eigenvalue weighted by Gasteiger charge is -2.13. The number of rotatable bonds is 6. The summed E-state index contributed by atoms with van der Waals surface area (Å²) in [5.74, 6) is 0.00334. The molecule has 0 fully saturated rings. The first-order valence-electron chi connectivity index (χ1n) is 7.24. The zero-order valence-corrected chi connectivity index (χ0v) is 13.9. The second-order valence-electron chi connectivity index (χ2n) is 5.50. The van der Waals surface area contributed by atoms with Gasteiger partial charge in [0.05, 0.1) is 11.3 Å². The number of nitrogens with zero attached hydrogens (tertiary/aromatic N) is 1. The van der Waals surface area contributed by atoms with Gasteiger partial charge >= 0.3 is 0 Å². The summed E-state index contributed by atoms with van der Waals surface area (Å²) in [6.45, 7) is 5.46. The van der Waals surface area contributed by atoms with Gasteiger partial charge in [-0.05, 0) is 49.9 Å². The third-order valence-corrected chi connectivity index (χ3v) is 4.31. The van der Waals surface area contributed by atoms with Gasteiger partial charge in [0.1, 0.15) is 0 Å². The molecular weight excluding hydrogens is 296 g/mol. The fourth-order valence-corrected chi connectivity index (χ4v) is 3.06. The maximum absolute atomic E-state index is 12.0. The molecule has 0 aromatic carbocycles. The first-order chi connectivity index (χ1) is 10.4. The Kier molecular flexibility index (Phi) is 5.44. The molecule has 1 atom stereocenters. The van der Waals surface area contributed by atoms with Crippen LogP contribution in [0.15, 0.2) is 29.6 Å². The number of aromatic nitrogens is 1. The molecule has 0 aliphatic carbocycles. The molecule has 2 aromatic heterocycles. The standard InChI is InChI=1S/C17H20N2O2S/c1-11-5-4-6-15(18-11)7-12(2)19-17(21)9-14-8-16(13(3)20)22-10-14/h4-6,8,10,12H,7,9H2,1-3H3,(H,19,21). The molecule has 4 nitrogen and oxygen atoms in total. The van der Waals surface area contributed by atoms with E-state index >= 15 is 0 Å². The van der Waals surface area contributed by atoms with Crippen molar-refractivity contribution in [2.24, 2.45) is 0 Å². The monoisotopic (exact) mass is 316 g/mol. The summed E-state index contributed by atoms with van der Waals surface area (Å²) in [5, 5.41) is 4.84. The van der Waals surface area contributed by atoms with E-state index in [0.717, 1.165) is 17.0 Å². The Morgan fingerprint density at radius 3 is 2.77 bits per heavy atom. The summed E-state index contributed by atoms with van der Waals surface area (Å²) >= 11 is 1.38. The number of carbonyl (C=O) groups excluding carboxylic acids is 2. The molecule has 2 rings (SSSR count). The molecular formula is C17H20N2O2S. The van der Waals surface area contributed by atoms with Crippen molar-refractivity contribution in [3.05, 3.63) is 51.5 Å². The average Bonchev–Trinajstić information content (AvgIpc) is 2.86. The van der Waals surface area contributed by atoms with Crippen molar-refractivity contribution < 1.29 is 9.59 Å². The van der Waals surface area contributed by atoms with E-state index in [-0.39, 0.29) is 17.7 Å². The Morgan fingerprint density at radius 1 is 1.36 bits per heavy atom. The molecule has 2 aromatic rings. The van der Waals surface area contributed by atoms with Crippen LogP contribution in [-0.2, 0) is 17.6 Å². The van der Waals surface area contributed by atoms with Gasteiger partial charge in [-0.1, -0.05) is 6.07 Å². The predicted molar refractivity (Wildman–Crippen MR) is 88.3 cm³/mol. The minimum Gasteiger partial charge on any atom is -0.353 e. The first kappa shape index (κ1) is 16.4. The zero-order valence-electron chi connectivity index (χ0n) is 13.1. The van der Waals surface area contributed by atoms with Crippen LogP contribution in [0.5, 0.6) is 0 Å². The van der Waals surface area contributed by atoms with Gasteiger partial charge in [0.25, 0.3) is 0 Å². The highest BCUT2D eigenvalue weighted by molar-refractivity contribution is 7.12. The Balaban J connectivity index is 1.86. The van der Waals surface area contributed by atoms with Gasteiger partial charge in [-0.2, -0.15) is 0 Å². The maximum atomic E-state index is 12.0. The number of aryl methyl sites for hydroxylation is 1. The zero-order chi connectivity index (χ0) is 16.1. The molecule has 0 saturated heterocycles. The van der Waals surface area contributed by atoms with Crippen LogP contribution in [0.25, 0.3) is 0 Å². The Hall–Kier alpha value is -2.01. The topological polar surface area (TPSA) is 59.1 Å². The maximum Gasteiger partial charge on any atom is 0.224 e. The molecule has 0 radical (unpaired) electrons. The fourth-order valence-electron chi connectivity index (χ4n) is 2.24. The third kappa shape index (κ3) is 4.77. The Morgan fingerprint density at radius 2 is 2.14 bits per heavy atom. The molecule has 2 heterocycles. The van der Waals surface area contributed by atoms with Crippen molar-refractivity contribution in [1.82, 2.24) is 10.3 Å². The molecule has 1 unspecified atom stereocenters. The van der Waals surface area contributed by atoms with E-state index in [9.17, 15) is 9.59 Å². The van der Waals surface area contributed by atoms with E-state index in [2.05, 4.69) is 10.3 Å². The SMILES string of the molecule is CC(=O)c1cc(CC(=O)NC(C)Cc2cccc(C)n2)cs1. The van der Waals surface area contributed by atoms with Gasteiger partial charge < -0.3 is 5.32 Å². The summed E-state index contributed by atoms with van der Waals surface area (Å²) in [6, 6.07) is 7.71. The van der Waals surface area contributed by atoms with E-state index < -0.39 is 0 Å². The molecule has 22 heavy (non-hydrogen) atoms. The minimum atomic E-state index is -0.0342. The number of amides is 1. The third-order valence-electron chi connectivity index (χ3n) is 3.23. The number of hydrogen-bond donors (Lipinski definition) is 1. The second-order valence-corrected chi connectivity index (χ2v) is 6.41. The van der Waals surface area contributed by atoms with Gasteiger partial charge in [0.2, 0.25) is 5.91 Å². The lowest BCUT2D eigenvalue weighted by molar-refractivity contribution is -0.121. The van der Waals surface area contributed by atoms with Crippen molar-refractivity contribution in [2.75, 3.05) is 0 Å². The van der Waals surface area contributed by atoms with Gasteiger partial charge in [-0.15, -0.1) is 11.3 Å². The number of Topliss-reactive ketones (excluding diaryl/α,β-unsaturated/α-hetero) is 1. The molecule has 0 bridgehead atoms. The summed E-state index contributed by atoms with van der Waals surface area (Å²) in [4.78, 5) is 28.4. The molecule has 0 aliphatic rings. The molecule has 0 spiro atoms. The molecule has 1 amide bonds. The van der Waals surface area contributed by atoms with Crippen LogP contribution in [-0.4, -0.2) is 22.7 Å². The molecule has 0 aliphatic heterocycles. The van der Waals surface area contributed by atoms with E-state index in [1.807, 2.05) is 37.4 Å². The number of ketones is 1. The largest absolute Gasteiger partial charge is 0.353 e. The summed E-state index contributed by atoms with van der Waals surface area (Å²) in [5.41, 5.74) is 2.84. The molecule has 5 heteroatoms. The molecule has 116 valence electrons. The Labute approximate surface area is 134 Å². The van der Waals surface area contributed by atoms with Crippen LogP contribution in [0, 0.1) is 6.92 Å². The number of nitrogens with one attached hydrogen (secondary N) is 1. The number of carbonyl (C=O) groups is 2. The van der Waals surface area contributed by atoms with Gasteiger partial charge in [0.15, 0.2) is 5.78 Å². The van der Waals surface area contributed by atoms with Crippen LogP contribution in [0.2, 0.25) is 0 Å². The van der Waals surface area contributed by atoms with Gasteiger partial charge in [-0.3, -0.25) is 14.6 Å². The minimum absolute atomic E-state index is 0.0210. The van der Waals surface area contributed by atoms with Gasteiger partial charge in [-0.25, -0.2) is 0 Å². The van der Waals surface area contributed by atoms with Crippen molar-refractivity contribution in [2.45, 2.75) is 39.7 Å². The van der Waals surface area contributed by atoms with Crippen LogP contribution < -0.4 is 5.32 Å². The lowest BCUT2D eigenvalue weighted by atomic mass is 10.1. The Bertz CT molecular complexity index is 679. The van der Waals surface area contributed by atoms with Crippen molar-refractivity contribution in [3.8, 4) is 0 Å². The quantitative estimate of drug-likeness (QED) is 0.834. The highest BCUT2D eigenvalue weighted by atomic mass is 32.1. The van der Waals surface area contributed by atoms with Crippen LogP contribution >= 0.6 is 11.3 Å². The molecule has 1 N–H and O–H groups in total. The van der Waals surface area contributed by atoms with Gasteiger partial charge in [0, 0.05) is 23.9 Å². The number of hydrogen-bond acceptors (Lipinski definition) is 4. The highest BCUT2D eigenvalue weighted by Gasteiger charge is 2.12. The second kappa shape index (κ2) is 7.31. The fraction of sp³-hybridized carbons (Fsp3) is 0.353. The normalized spacial score (nSPS) is 12.0. The summed E-state index contributed by atoms with van der Waals surface area (Å²) in [6.07, 6.45) is 1.01. The smallest absolute Gasteiger partial charge is 0.224 e. The predicted octanol–water partition coefficient (Wildman–Crippen LogP) is 2.94. The highest BCUT2D eigenvalue weighted by Crippen LogP contribution is 2.15. The summed E-state index contributed by atoms with van der Waals surface area (Å²) < 4.78 is 0. The van der Waals surface area contributed by atoms with E-state index in [1.165, 1.54) is 18.3 Å². The lowest BCUT2D eigenvalue weighted by Crippen LogP contribution is -2.35. The van der Waals surface area contributed by atoms with Crippen LogP contribution in [0.1, 0.15) is 40.5 Å². The average molecular weight is 316 g/mol. The van der Waals surface area contributed by atoms with E-state index in [4.69, 9.17) is 0 Å². The van der Waals surface area contributed by atoms with Crippen molar-refractivity contribution in [1.29, 1.82) is 0 Å². The van der Waals surface area contributed by atoms with Crippen LogP contribution in [0.4, 0.5) is 0 Å². The first-order valence-corrected chi connectivity index (χ1v) is 8.12. The molecule has 0 saturated carbocycles. The number of thiophene rings is 1. The van der Waals surface area contributed by atoms with E-state index in [0.29, 0.717) is 17.7 Å².